The molecule has 1 heterocycles. The van der Waals surface area contributed by atoms with Crippen LogP contribution in [0, 0.1) is 5.92 Å². The van der Waals surface area contributed by atoms with E-state index in [4.69, 9.17) is 4.74 Å². The number of nitrogens with one attached hydrogen (secondary N) is 3. The molecule has 216 valence electrons. The summed E-state index contributed by atoms with van der Waals surface area (Å²) in [5.74, 6) is -1.86. The minimum absolute atomic E-state index is 0.0439. The van der Waals surface area contributed by atoms with Crippen molar-refractivity contribution in [2.24, 2.45) is 5.92 Å². The van der Waals surface area contributed by atoms with Gasteiger partial charge in [-0.15, -0.1) is 11.3 Å². The molecule has 4 rings (SSSR count). The van der Waals surface area contributed by atoms with E-state index in [1.807, 2.05) is 0 Å². The van der Waals surface area contributed by atoms with Crippen molar-refractivity contribution < 1.29 is 29.0 Å². The lowest BCUT2D eigenvalue weighted by Gasteiger charge is -2.30. The molecule has 1 fully saturated rings. The first-order valence-corrected chi connectivity index (χ1v) is 14.9. The van der Waals surface area contributed by atoms with E-state index >= 15 is 0 Å². The second-order valence-corrected chi connectivity index (χ2v) is 12.7. The SMILES string of the molecule is CC(C)(C)OC(=O)NCc1cccc(C(=O)NC(C(=O)Nc2sc3c(c2C(=O)O)CCCC3)C2CCCCC2)c1. The Hall–Kier alpha value is -3.40. The van der Waals surface area contributed by atoms with Gasteiger partial charge < -0.3 is 25.8 Å². The van der Waals surface area contributed by atoms with Gasteiger partial charge in [-0.3, -0.25) is 9.59 Å². The molecule has 0 bridgehead atoms. The van der Waals surface area contributed by atoms with E-state index < -0.39 is 29.6 Å². The van der Waals surface area contributed by atoms with Crippen molar-refractivity contribution >= 4 is 40.2 Å². The summed E-state index contributed by atoms with van der Waals surface area (Å²) in [5, 5.41) is 18.8. The summed E-state index contributed by atoms with van der Waals surface area (Å²) in [6.07, 6.45) is 7.57. The fourth-order valence-electron chi connectivity index (χ4n) is 5.47. The fourth-order valence-corrected chi connectivity index (χ4v) is 6.75. The number of fused-ring (bicyclic) bond motifs is 1. The molecule has 0 radical (unpaired) electrons. The molecule has 1 aromatic heterocycles. The molecule has 1 aromatic carbocycles. The first kappa shape index (κ1) is 29.6. The Morgan fingerprint density at radius 3 is 2.48 bits per heavy atom. The van der Waals surface area contributed by atoms with E-state index in [-0.39, 0.29) is 23.9 Å². The number of thiophene rings is 1. The van der Waals surface area contributed by atoms with Gasteiger partial charge in [-0.25, -0.2) is 9.59 Å². The lowest BCUT2D eigenvalue weighted by atomic mass is 9.83. The third-order valence-corrected chi connectivity index (χ3v) is 8.54. The van der Waals surface area contributed by atoms with Gasteiger partial charge in [0.05, 0.1) is 5.56 Å². The second-order valence-electron chi connectivity index (χ2n) is 11.6. The number of hydrogen-bond donors (Lipinski definition) is 4. The number of rotatable bonds is 8. The van der Waals surface area contributed by atoms with Gasteiger partial charge >= 0.3 is 12.1 Å². The highest BCUT2D eigenvalue weighted by Crippen LogP contribution is 2.38. The molecule has 1 saturated carbocycles. The van der Waals surface area contributed by atoms with E-state index in [1.54, 1.807) is 45.0 Å². The molecule has 1 unspecified atom stereocenters. The highest BCUT2D eigenvalue weighted by molar-refractivity contribution is 7.17. The Labute approximate surface area is 239 Å². The number of benzene rings is 1. The number of carboxylic acids is 1. The molecule has 9 nitrogen and oxygen atoms in total. The molecule has 0 saturated heterocycles. The van der Waals surface area contributed by atoms with E-state index in [1.165, 1.54) is 11.3 Å². The predicted molar refractivity (Wildman–Crippen MR) is 154 cm³/mol. The molecule has 2 aromatic rings. The number of amides is 3. The summed E-state index contributed by atoms with van der Waals surface area (Å²) < 4.78 is 5.27. The number of carbonyl (C=O) groups excluding carboxylic acids is 3. The van der Waals surface area contributed by atoms with Gasteiger partial charge in [0, 0.05) is 17.0 Å². The normalized spacial score (nSPS) is 16.4. The molecule has 10 heteroatoms. The molecule has 2 aliphatic rings. The molecule has 40 heavy (non-hydrogen) atoms. The number of ether oxygens (including phenoxy) is 1. The molecular formula is C30H39N3O6S. The Morgan fingerprint density at radius 1 is 1.05 bits per heavy atom. The summed E-state index contributed by atoms with van der Waals surface area (Å²) in [7, 11) is 0. The van der Waals surface area contributed by atoms with Crippen LogP contribution < -0.4 is 16.0 Å². The zero-order valence-electron chi connectivity index (χ0n) is 23.4. The molecule has 0 spiro atoms. The number of carbonyl (C=O) groups is 4. The van der Waals surface area contributed by atoms with Crippen molar-refractivity contribution in [1.82, 2.24) is 10.6 Å². The highest BCUT2D eigenvalue weighted by atomic mass is 32.1. The fraction of sp³-hybridized carbons (Fsp3) is 0.533. The van der Waals surface area contributed by atoms with Crippen LogP contribution in [0.2, 0.25) is 0 Å². The first-order valence-electron chi connectivity index (χ1n) is 14.1. The van der Waals surface area contributed by atoms with Crippen molar-refractivity contribution in [1.29, 1.82) is 0 Å². The van der Waals surface area contributed by atoms with Crippen LogP contribution >= 0.6 is 11.3 Å². The maximum atomic E-state index is 13.7. The van der Waals surface area contributed by atoms with Gasteiger partial charge in [-0.2, -0.15) is 0 Å². The maximum absolute atomic E-state index is 13.7. The number of aryl methyl sites for hydroxylation is 1. The minimum atomic E-state index is -1.04. The van der Waals surface area contributed by atoms with E-state index in [0.717, 1.165) is 61.8 Å². The Bertz CT molecular complexity index is 1260. The predicted octanol–water partition coefficient (Wildman–Crippen LogP) is 5.67. The van der Waals surface area contributed by atoms with Crippen LogP contribution in [0.1, 0.15) is 102 Å². The van der Waals surface area contributed by atoms with Gasteiger partial charge in [0.1, 0.15) is 16.6 Å². The van der Waals surface area contributed by atoms with Crippen molar-refractivity contribution in [2.45, 2.75) is 96.7 Å². The van der Waals surface area contributed by atoms with Crippen LogP contribution in [-0.4, -0.2) is 40.6 Å². The third-order valence-electron chi connectivity index (χ3n) is 7.34. The van der Waals surface area contributed by atoms with Crippen molar-refractivity contribution in [3.05, 3.63) is 51.4 Å². The number of aromatic carboxylic acids is 1. The summed E-state index contributed by atoms with van der Waals surface area (Å²) in [6.45, 7) is 5.53. The number of alkyl carbamates (subject to hydrolysis) is 1. The van der Waals surface area contributed by atoms with Crippen molar-refractivity contribution in [3.63, 3.8) is 0 Å². The Kier molecular flexibility index (Phi) is 9.50. The number of carboxylic acid groups (broad SMARTS) is 1. The van der Waals surface area contributed by atoms with Gasteiger partial charge in [-0.05, 0) is 88.5 Å². The summed E-state index contributed by atoms with van der Waals surface area (Å²) in [5.41, 5.74) is 1.48. The monoisotopic (exact) mass is 569 g/mol. The topological polar surface area (TPSA) is 134 Å². The number of anilines is 1. The third kappa shape index (κ3) is 7.62. The molecule has 0 aliphatic heterocycles. The second kappa shape index (κ2) is 12.8. The van der Waals surface area contributed by atoms with Crippen LogP contribution in [-0.2, 0) is 28.9 Å². The van der Waals surface area contributed by atoms with E-state index in [2.05, 4.69) is 16.0 Å². The van der Waals surface area contributed by atoms with Gasteiger partial charge in [-0.1, -0.05) is 31.4 Å². The van der Waals surface area contributed by atoms with E-state index in [9.17, 15) is 24.3 Å². The van der Waals surface area contributed by atoms with Crippen LogP contribution in [0.4, 0.5) is 9.80 Å². The van der Waals surface area contributed by atoms with Gasteiger partial charge in [0.2, 0.25) is 5.91 Å². The van der Waals surface area contributed by atoms with Crippen LogP contribution in [0.25, 0.3) is 0 Å². The molecule has 4 N–H and O–H groups in total. The van der Waals surface area contributed by atoms with E-state index in [0.29, 0.717) is 22.5 Å². The average molecular weight is 570 g/mol. The molecule has 3 amide bonds. The Morgan fingerprint density at radius 2 is 1.77 bits per heavy atom. The highest BCUT2D eigenvalue weighted by Gasteiger charge is 2.33. The minimum Gasteiger partial charge on any atom is -0.478 e. The summed E-state index contributed by atoms with van der Waals surface area (Å²) >= 11 is 1.34. The quantitative estimate of drug-likeness (QED) is 0.324. The van der Waals surface area contributed by atoms with Crippen LogP contribution in [0.3, 0.4) is 0 Å². The molecular weight excluding hydrogens is 530 g/mol. The van der Waals surface area contributed by atoms with Gasteiger partial charge in [0.15, 0.2) is 0 Å². The molecule has 2 aliphatic carbocycles. The summed E-state index contributed by atoms with van der Waals surface area (Å²) in [6, 6.07) is 6.07. The maximum Gasteiger partial charge on any atom is 0.407 e. The first-order chi connectivity index (χ1) is 19.0. The smallest absolute Gasteiger partial charge is 0.407 e. The zero-order chi connectivity index (χ0) is 28.9. The van der Waals surface area contributed by atoms with Crippen molar-refractivity contribution in [3.8, 4) is 0 Å². The van der Waals surface area contributed by atoms with Crippen LogP contribution in [0.15, 0.2) is 24.3 Å². The largest absolute Gasteiger partial charge is 0.478 e. The van der Waals surface area contributed by atoms with Gasteiger partial charge in [0.25, 0.3) is 5.91 Å². The lowest BCUT2D eigenvalue weighted by Crippen LogP contribution is -2.49. The van der Waals surface area contributed by atoms with Crippen molar-refractivity contribution in [2.75, 3.05) is 5.32 Å². The van der Waals surface area contributed by atoms with Crippen LogP contribution in [0.5, 0.6) is 0 Å². The zero-order valence-corrected chi connectivity index (χ0v) is 24.2. The molecule has 1 atom stereocenters. The lowest BCUT2D eigenvalue weighted by molar-refractivity contribution is -0.119. The summed E-state index contributed by atoms with van der Waals surface area (Å²) in [4.78, 5) is 52.2. The Balaban J connectivity index is 1.49. The standard InChI is InChI=1S/C30H39N3O6S/c1-30(2,3)39-29(38)31-17-18-10-9-13-20(16-18)25(34)32-24(19-11-5-4-6-12-19)26(35)33-27-23(28(36)37)21-14-7-8-15-22(21)40-27/h9-10,13,16,19,24H,4-8,11-12,14-15,17H2,1-3H3,(H,31,38)(H,32,34)(H,33,35)(H,36,37). The average Bonchev–Trinajstić information content (AvgIpc) is 3.28. The number of hydrogen-bond acceptors (Lipinski definition) is 6.